The first-order valence-electron chi connectivity index (χ1n) is 18.5. The summed E-state index contributed by atoms with van der Waals surface area (Å²) < 4.78 is 66.4. The molecule has 4 N–H and O–H groups in total. The summed E-state index contributed by atoms with van der Waals surface area (Å²) in [4.78, 5) is 60.2. The minimum atomic E-state index is -1.17. The minimum Gasteiger partial charge on any atom is -0.481 e. The number of nitrogens with zero attached hydrogens (tertiary/aromatic N) is 10. The molecule has 0 spiro atoms. The molecule has 2 amide bonds. The van der Waals surface area contributed by atoms with Gasteiger partial charge < -0.3 is 30.7 Å². The number of nitrogens with two attached hydrogens (primary N) is 2. The van der Waals surface area contributed by atoms with E-state index in [0.717, 1.165) is 34.6 Å². The first kappa shape index (κ1) is 40.8. The third-order valence-electron chi connectivity index (χ3n) is 9.71. The predicted octanol–water partition coefficient (Wildman–Crippen LogP) is 4.40. The number of benzene rings is 2. The van der Waals surface area contributed by atoms with Gasteiger partial charge in [-0.25, -0.2) is 48.7 Å². The fourth-order valence-electron chi connectivity index (χ4n) is 6.82. The molecule has 2 aliphatic rings. The Bertz CT molecular complexity index is 2370. The van der Waals surface area contributed by atoms with Crippen LogP contribution >= 0.6 is 0 Å². The third kappa shape index (κ3) is 8.86. The second-order valence-electron chi connectivity index (χ2n) is 13.6. The molecule has 6 aromatic rings. The average molecular weight is 825 g/mol. The van der Waals surface area contributed by atoms with Gasteiger partial charge in [0.25, 0.3) is 11.8 Å². The standard InChI is InChI=1S/2C20H18F2N6O2/c2*1-11-13-9-26-20(19-24-4-2-5-25-19)27-15(13)3-6-28(11)12-7-14(21)18(22)16(8-12)30-10-17(23)29/h2*2,4-5,7-9,11H,3,6,10H2,1H3,(H2,23,29)/t2*11-/m10/s1. The quantitative estimate of drug-likeness (QED) is 0.183. The van der Waals surface area contributed by atoms with E-state index < -0.39 is 48.3 Å². The smallest absolute Gasteiger partial charge is 0.255 e. The molecule has 0 fully saturated rings. The Hall–Kier alpha value is -7.38. The van der Waals surface area contributed by atoms with Crippen molar-refractivity contribution in [2.45, 2.75) is 38.8 Å². The summed E-state index contributed by atoms with van der Waals surface area (Å²) in [6.45, 7) is 3.78. The van der Waals surface area contributed by atoms with Crippen LogP contribution in [0.5, 0.6) is 11.5 Å². The highest BCUT2D eigenvalue weighted by Gasteiger charge is 2.30. The lowest BCUT2D eigenvalue weighted by Gasteiger charge is -2.36. The maximum absolute atomic E-state index is 14.1. The number of halogens is 4. The maximum atomic E-state index is 14.1. The van der Waals surface area contributed by atoms with E-state index in [-0.39, 0.29) is 23.6 Å². The fourth-order valence-corrected chi connectivity index (χ4v) is 6.82. The second kappa shape index (κ2) is 17.6. The first-order valence-corrected chi connectivity index (χ1v) is 18.5. The number of fused-ring (bicyclic) bond motifs is 2. The number of anilines is 2. The van der Waals surface area contributed by atoms with Gasteiger partial charge in [0.1, 0.15) is 0 Å². The largest absolute Gasteiger partial charge is 0.481 e. The van der Waals surface area contributed by atoms with E-state index in [4.69, 9.17) is 20.9 Å². The van der Waals surface area contributed by atoms with E-state index in [1.54, 1.807) is 49.3 Å². The normalized spacial score (nSPS) is 15.6. The Kier molecular flexibility index (Phi) is 12.0. The average Bonchev–Trinajstić information content (AvgIpc) is 3.25. The molecule has 6 heterocycles. The van der Waals surface area contributed by atoms with Crippen LogP contribution in [0, 0.1) is 23.3 Å². The van der Waals surface area contributed by atoms with Crippen molar-refractivity contribution in [2.75, 3.05) is 36.1 Å². The van der Waals surface area contributed by atoms with E-state index >= 15 is 0 Å². The van der Waals surface area contributed by atoms with Gasteiger partial charge >= 0.3 is 0 Å². The van der Waals surface area contributed by atoms with Gasteiger partial charge in [-0.05, 0) is 26.0 Å². The summed E-state index contributed by atoms with van der Waals surface area (Å²) in [5.41, 5.74) is 14.3. The highest BCUT2D eigenvalue weighted by Crippen LogP contribution is 2.38. The number of aromatic nitrogens is 8. The van der Waals surface area contributed by atoms with Crippen LogP contribution in [0.4, 0.5) is 28.9 Å². The molecule has 0 saturated heterocycles. The van der Waals surface area contributed by atoms with Crippen LogP contribution in [0.15, 0.2) is 73.6 Å². The van der Waals surface area contributed by atoms with Crippen LogP contribution < -0.4 is 30.7 Å². The molecule has 16 nitrogen and oxygen atoms in total. The van der Waals surface area contributed by atoms with Crippen molar-refractivity contribution in [1.82, 2.24) is 39.9 Å². The molecule has 0 bridgehead atoms. The highest BCUT2D eigenvalue weighted by atomic mass is 19.2. The molecule has 0 unspecified atom stereocenters. The summed E-state index contributed by atoms with van der Waals surface area (Å²) in [6.07, 6.45) is 11.0. The van der Waals surface area contributed by atoms with Crippen molar-refractivity contribution in [2.24, 2.45) is 11.5 Å². The van der Waals surface area contributed by atoms with Crippen LogP contribution in [0.3, 0.4) is 0 Å². The maximum Gasteiger partial charge on any atom is 0.255 e. The van der Waals surface area contributed by atoms with Crippen LogP contribution in [0.1, 0.15) is 48.4 Å². The van der Waals surface area contributed by atoms with Crippen LogP contribution in [0.2, 0.25) is 0 Å². The summed E-state index contributed by atoms with van der Waals surface area (Å²) in [5, 5.41) is 0. The lowest BCUT2D eigenvalue weighted by molar-refractivity contribution is -0.120. The highest BCUT2D eigenvalue weighted by molar-refractivity contribution is 5.76. The number of hydrogen-bond acceptors (Lipinski definition) is 14. The van der Waals surface area contributed by atoms with E-state index in [1.807, 2.05) is 23.6 Å². The number of carbonyl (C=O) groups excluding carboxylic acids is 2. The Morgan fingerprint density at radius 1 is 0.617 bits per heavy atom. The van der Waals surface area contributed by atoms with E-state index in [0.29, 0.717) is 60.6 Å². The monoisotopic (exact) mass is 824 g/mol. The third-order valence-corrected chi connectivity index (χ3v) is 9.71. The molecule has 0 radical (unpaired) electrons. The van der Waals surface area contributed by atoms with E-state index in [2.05, 4.69) is 39.9 Å². The molecule has 2 atom stereocenters. The molecule has 4 aromatic heterocycles. The SMILES string of the molecule is C[C@@H]1c2cnc(-c3ncccn3)nc2CCN1c1cc(F)c(F)c(OCC(N)=O)c1.C[C@H]1c2cnc(-c3ncccn3)nc2CCN1c1cc(F)c(F)c(OCC(N)=O)c1. The van der Waals surface area contributed by atoms with Crippen LogP contribution in [-0.2, 0) is 22.4 Å². The van der Waals surface area contributed by atoms with E-state index in [1.165, 1.54) is 12.1 Å². The Labute approximate surface area is 339 Å². The lowest BCUT2D eigenvalue weighted by Crippen LogP contribution is -2.35. The zero-order valence-electron chi connectivity index (χ0n) is 32.1. The van der Waals surface area contributed by atoms with E-state index in [9.17, 15) is 27.2 Å². The van der Waals surface area contributed by atoms with Crippen molar-refractivity contribution in [1.29, 1.82) is 0 Å². The first-order chi connectivity index (χ1) is 28.9. The van der Waals surface area contributed by atoms with Gasteiger partial charge in [0.15, 0.2) is 59.6 Å². The predicted molar refractivity (Wildman–Crippen MR) is 207 cm³/mol. The number of carbonyl (C=O) groups is 2. The molecular formula is C40H36F4N12O4. The van der Waals surface area contributed by atoms with Crippen molar-refractivity contribution in [3.8, 4) is 34.8 Å². The van der Waals surface area contributed by atoms with Gasteiger partial charge in [0.2, 0.25) is 11.6 Å². The summed E-state index contributed by atoms with van der Waals surface area (Å²) in [5.74, 6) is -5.03. The van der Waals surface area contributed by atoms with Gasteiger partial charge in [-0.1, -0.05) is 0 Å². The molecule has 0 aliphatic carbocycles. The van der Waals surface area contributed by atoms with Crippen LogP contribution in [-0.4, -0.2) is 78.0 Å². The summed E-state index contributed by atoms with van der Waals surface area (Å²) >= 11 is 0. The van der Waals surface area contributed by atoms with Gasteiger partial charge in [-0.3, -0.25) is 9.59 Å². The topological polar surface area (TPSA) is 214 Å². The Balaban J connectivity index is 0.000000181. The molecule has 0 saturated carbocycles. The minimum absolute atomic E-state index is 0.201. The zero-order chi connectivity index (χ0) is 42.5. The van der Waals surface area contributed by atoms with Gasteiger partial charge in [-0.2, -0.15) is 8.78 Å². The Morgan fingerprint density at radius 3 is 1.37 bits per heavy atom. The van der Waals surface area contributed by atoms with Crippen molar-refractivity contribution in [3.63, 3.8) is 0 Å². The molecule has 2 aromatic carbocycles. The van der Waals surface area contributed by atoms with Crippen LogP contribution in [0.25, 0.3) is 23.3 Å². The van der Waals surface area contributed by atoms with Crippen molar-refractivity contribution < 1.29 is 36.6 Å². The summed E-state index contributed by atoms with van der Waals surface area (Å²) in [7, 11) is 0. The molecule has 2 aliphatic heterocycles. The molecule has 60 heavy (non-hydrogen) atoms. The number of primary amides is 2. The molecule has 20 heteroatoms. The molecule has 308 valence electrons. The van der Waals surface area contributed by atoms with Gasteiger partial charge in [0, 0.05) is 110 Å². The van der Waals surface area contributed by atoms with Crippen molar-refractivity contribution in [3.05, 3.63) is 119 Å². The summed E-state index contributed by atoms with van der Waals surface area (Å²) in [6, 6.07) is 7.94. The Morgan fingerprint density at radius 2 is 1.00 bits per heavy atom. The number of hydrogen-bond donors (Lipinski definition) is 2. The van der Waals surface area contributed by atoms with Gasteiger partial charge in [0.05, 0.1) is 23.5 Å². The zero-order valence-corrected chi connectivity index (χ0v) is 32.1. The van der Waals surface area contributed by atoms with Crippen molar-refractivity contribution >= 4 is 23.2 Å². The van der Waals surface area contributed by atoms with Gasteiger partial charge in [-0.15, -0.1) is 0 Å². The molecule has 8 rings (SSSR count). The molecular weight excluding hydrogens is 789 g/mol. The number of rotatable bonds is 10. The fraction of sp³-hybridized carbons (Fsp3) is 0.250. The lowest BCUT2D eigenvalue weighted by atomic mass is 9.98. The second-order valence-corrected chi connectivity index (χ2v) is 13.6. The number of amides is 2. The number of ether oxygens (including phenoxy) is 2.